The van der Waals surface area contributed by atoms with E-state index in [0.29, 0.717) is 48.8 Å². The van der Waals surface area contributed by atoms with Gasteiger partial charge >= 0.3 is 0 Å². The Morgan fingerprint density at radius 2 is 2.00 bits per heavy atom. The number of oxazole rings is 1. The van der Waals surface area contributed by atoms with Crippen molar-refractivity contribution in [3.05, 3.63) is 29.6 Å². The number of anilines is 2. The zero-order valence-electron chi connectivity index (χ0n) is 15.6. The number of aryl methyl sites for hydroxylation is 2. The summed E-state index contributed by atoms with van der Waals surface area (Å²) >= 11 is 0. The number of morpholine rings is 1. The third-order valence-electron chi connectivity index (χ3n) is 5.26. The molecule has 4 rings (SSSR count). The van der Waals surface area contributed by atoms with Crippen LogP contribution in [0, 0.1) is 13.8 Å². The molecule has 0 aliphatic carbocycles. The molecule has 4 heterocycles. The van der Waals surface area contributed by atoms with E-state index in [1.54, 1.807) is 26.1 Å². The largest absolute Gasteiger partial charge is 0.436 e. The standard InChI is InChI=1S/C18H24N6O3/c1-12-15(27-13(2)21-12)16(25)24-9-10-26-18(11-24)4-7-23(8-5-18)17-20-6-3-14(19)22-17/h3,6H,4-5,7-11H2,1-2H3,(H2,19,20,22). The lowest BCUT2D eigenvalue weighted by Gasteiger charge is -2.47. The van der Waals surface area contributed by atoms with Gasteiger partial charge in [-0.15, -0.1) is 0 Å². The maximum atomic E-state index is 12.9. The van der Waals surface area contributed by atoms with Gasteiger partial charge in [-0.3, -0.25) is 4.79 Å². The average molecular weight is 372 g/mol. The molecule has 144 valence electrons. The first-order valence-electron chi connectivity index (χ1n) is 9.16. The van der Waals surface area contributed by atoms with E-state index in [1.165, 1.54) is 0 Å². The third-order valence-corrected chi connectivity index (χ3v) is 5.26. The van der Waals surface area contributed by atoms with Gasteiger partial charge in [-0.1, -0.05) is 0 Å². The van der Waals surface area contributed by atoms with Gasteiger partial charge in [0.1, 0.15) is 5.82 Å². The van der Waals surface area contributed by atoms with E-state index in [4.69, 9.17) is 14.9 Å². The maximum absolute atomic E-state index is 12.9. The van der Waals surface area contributed by atoms with Gasteiger partial charge in [0.25, 0.3) is 5.91 Å². The molecule has 0 aromatic carbocycles. The first kappa shape index (κ1) is 17.7. The van der Waals surface area contributed by atoms with Crippen molar-refractivity contribution in [3.8, 4) is 0 Å². The molecule has 0 bridgehead atoms. The number of hydrogen-bond donors (Lipinski definition) is 1. The fourth-order valence-corrected chi connectivity index (χ4v) is 3.82. The van der Waals surface area contributed by atoms with Crippen molar-refractivity contribution in [2.75, 3.05) is 43.4 Å². The summed E-state index contributed by atoms with van der Waals surface area (Å²) in [6, 6.07) is 1.68. The molecular formula is C18H24N6O3. The van der Waals surface area contributed by atoms with Gasteiger partial charge in [-0.2, -0.15) is 4.98 Å². The van der Waals surface area contributed by atoms with Gasteiger partial charge in [-0.25, -0.2) is 9.97 Å². The number of carbonyl (C=O) groups excluding carboxylic acids is 1. The monoisotopic (exact) mass is 372 g/mol. The fraction of sp³-hybridized carbons (Fsp3) is 0.556. The van der Waals surface area contributed by atoms with Crippen molar-refractivity contribution < 1.29 is 13.9 Å². The molecule has 2 fully saturated rings. The van der Waals surface area contributed by atoms with Crippen LogP contribution < -0.4 is 10.6 Å². The van der Waals surface area contributed by atoms with Crippen LogP contribution in [0.15, 0.2) is 16.7 Å². The van der Waals surface area contributed by atoms with E-state index in [2.05, 4.69) is 19.9 Å². The lowest BCUT2D eigenvalue weighted by atomic mass is 9.89. The first-order chi connectivity index (χ1) is 13.0. The van der Waals surface area contributed by atoms with Crippen LogP contribution in [0.5, 0.6) is 0 Å². The zero-order chi connectivity index (χ0) is 19.0. The average Bonchev–Trinajstić information content (AvgIpc) is 3.00. The van der Waals surface area contributed by atoms with Crippen molar-refractivity contribution in [1.29, 1.82) is 0 Å². The Kier molecular flexibility index (Phi) is 4.47. The number of amides is 1. The van der Waals surface area contributed by atoms with Gasteiger partial charge in [0.05, 0.1) is 24.4 Å². The second-order valence-electron chi connectivity index (χ2n) is 7.17. The van der Waals surface area contributed by atoms with Gasteiger partial charge in [0.15, 0.2) is 5.89 Å². The Hall–Kier alpha value is -2.68. The van der Waals surface area contributed by atoms with Crippen molar-refractivity contribution >= 4 is 17.7 Å². The van der Waals surface area contributed by atoms with Crippen molar-refractivity contribution in [3.63, 3.8) is 0 Å². The molecule has 1 spiro atoms. The number of nitrogens with two attached hydrogens (primary N) is 1. The Morgan fingerprint density at radius 3 is 2.67 bits per heavy atom. The predicted octanol–water partition coefficient (Wildman–Crippen LogP) is 1.18. The molecule has 0 unspecified atom stereocenters. The summed E-state index contributed by atoms with van der Waals surface area (Å²) in [6.07, 6.45) is 3.26. The number of piperidine rings is 1. The highest BCUT2D eigenvalue weighted by molar-refractivity contribution is 5.92. The summed E-state index contributed by atoms with van der Waals surface area (Å²) in [4.78, 5) is 29.6. The smallest absolute Gasteiger partial charge is 0.291 e. The van der Waals surface area contributed by atoms with Crippen molar-refractivity contribution in [2.45, 2.75) is 32.3 Å². The van der Waals surface area contributed by atoms with Gasteiger partial charge < -0.3 is 24.7 Å². The molecule has 2 aliphatic heterocycles. The second kappa shape index (κ2) is 6.80. The highest BCUT2D eigenvalue weighted by atomic mass is 16.5. The Bertz CT molecular complexity index is 843. The second-order valence-corrected chi connectivity index (χ2v) is 7.17. The number of aromatic nitrogens is 3. The summed E-state index contributed by atoms with van der Waals surface area (Å²) in [5.74, 6) is 1.83. The summed E-state index contributed by atoms with van der Waals surface area (Å²) in [5.41, 5.74) is 6.05. The Labute approximate surface area is 157 Å². The topological polar surface area (TPSA) is 111 Å². The number of rotatable bonds is 2. The molecular weight excluding hydrogens is 348 g/mol. The van der Waals surface area contributed by atoms with Gasteiger partial charge in [0.2, 0.25) is 11.7 Å². The molecule has 2 N–H and O–H groups in total. The summed E-state index contributed by atoms with van der Waals surface area (Å²) in [7, 11) is 0. The summed E-state index contributed by atoms with van der Waals surface area (Å²) in [6.45, 7) is 6.69. The van der Waals surface area contributed by atoms with Gasteiger partial charge in [-0.05, 0) is 25.8 Å². The summed E-state index contributed by atoms with van der Waals surface area (Å²) in [5, 5.41) is 0. The van der Waals surface area contributed by atoms with Crippen LogP contribution >= 0.6 is 0 Å². The molecule has 9 heteroatoms. The zero-order valence-corrected chi connectivity index (χ0v) is 15.6. The van der Waals surface area contributed by atoms with Gasteiger partial charge in [0, 0.05) is 32.8 Å². The van der Waals surface area contributed by atoms with Crippen LogP contribution in [-0.4, -0.2) is 64.1 Å². The highest BCUT2D eigenvalue weighted by Crippen LogP contribution is 2.32. The lowest BCUT2D eigenvalue weighted by molar-refractivity contribution is -0.112. The minimum atomic E-state index is -0.340. The van der Waals surface area contributed by atoms with Crippen LogP contribution in [0.25, 0.3) is 0 Å². The van der Waals surface area contributed by atoms with Crippen LogP contribution in [0.4, 0.5) is 11.8 Å². The lowest BCUT2D eigenvalue weighted by Crippen LogP contribution is -2.58. The molecule has 2 aromatic heterocycles. The number of ether oxygens (including phenoxy) is 1. The molecule has 27 heavy (non-hydrogen) atoms. The molecule has 0 saturated carbocycles. The summed E-state index contributed by atoms with van der Waals surface area (Å²) < 4.78 is 11.6. The molecule has 2 aromatic rings. The predicted molar refractivity (Wildman–Crippen MR) is 98.5 cm³/mol. The van der Waals surface area contributed by atoms with E-state index in [-0.39, 0.29) is 11.5 Å². The van der Waals surface area contributed by atoms with E-state index < -0.39 is 0 Å². The molecule has 9 nitrogen and oxygen atoms in total. The van der Waals surface area contributed by atoms with E-state index in [0.717, 1.165) is 25.9 Å². The molecule has 0 radical (unpaired) electrons. The van der Waals surface area contributed by atoms with Crippen molar-refractivity contribution in [1.82, 2.24) is 19.9 Å². The fourth-order valence-electron chi connectivity index (χ4n) is 3.82. The van der Waals surface area contributed by atoms with Crippen molar-refractivity contribution in [2.24, 2.45) is 0 Å². The van der Waals surface area contributed by atoms with Crippen LogP contribution in [0.3, 0.4) is 0 Å². The van der Waals surface area contributed by atoms with Crippen LogP contribution in [-0.2, 0) is 4.74 Å². The van der Waals surface area contributed by atoms with Crippen LogP contribution in [0.1, 0.15) is 35.0 Å². The molecule has 1 amide bonds. The van der Waals surface area contributed by atoms with Crippen LogP contribution in [0.2, 0.25) is 0 Å². The Balaban J connectivity index is 1.44. The quantitative estimate of drug-likeness (QED) is 0.836. The minimum Gasteiger partial charge on any atom is -0.436 e. The number of hydrogen-bond acceptors (Lipinski definition) is 8. The molecule has 2 aliphatic rings. The Morgan fingerprint density at radius 1 is 1.22 bits per heavy atom. The SMILES string of the molecule is Cc1nc(C)c(C(=O)N2CCOC3(CCN(c4nccc(N)n4)CC3)C2)o1. The number of nitrogens with zero attached hydrogens (tertiary/aromatic N) is 5. The minimum absolute atomic E-state index is 0.114. The normalized spacial score (nSPS) is 19.5. The first-order valence-corrected chi connectivity index (χ1v) is 9.16. The highest BCUT2D eigenvalue weighted by Gasteiger charge is 2.42. The maximum Gasteiger partial charge on any atom is 0.291 e. The molecule has 0 atom stereocenters. The van der Waals surface area contributed by atoms with E-state index >= 15 is 0 Å². The molecule has 2 saturated heterocycles. The van der Waals surface area contributed by atoms with E-state index in [1.807, 2.05) is 4.90 Å². The number of nitrogen functional groups attached to an aromatic ring is 1. The van der Waals surface area contributed by atoms with E-state index in [9.17, 15) is 4.79 Å². The number of carbonyl (C=O) groups is 1. The third kappa shape index (κ3) is 3.46.